The Labute approximate surface area is 172 Å². The van der Waals surface area contributed by atoms with Crippen molar-refractivity contribution >= 4 is 11.9 Å². The monoisotopic (exact) mass is 396 g/mol. The molecule has 0 bridgehead atoms. The third kappa shape index (κ3) is 4.44. The summed E-state index contributed by atoms with van der Waals surface area (Å²) in [5.41, 5.74) is 2.34. The molecule has 0 fully saturated rings. The van der Waals surface area contributed by atoms with E-state index in [0.29, 0.717) is 23.5 Å². The number of aryl methyl sites for hydroxylation is 1. The molecule has 1 aliphatic rings. The molecule has 1 heterocycles. The molecule has 2 aromatic carbocycles. The number of hydrogen-bond acceptors (Lipinski definition) is 5. The summed E-state index contributed by atoms with van der Waals surface area (Å²) in [7, 11) is 0. The minimum atomic E-state index is -0.435. The van der Waals surface area contributed by atoms with Crippen LogP contribution in [0.15, 0.2) is 36.4 Å². The van der Waals surface area contributed by atoms with Crippen molar-refractivity contribution < 1.29 is 23.8 Å². The molecule has 5 nitrogen and oxygen atoms in total. The molecule has 3 rings (SSSR count). The molecule has 29 heavy (non-hydrogen) atoms. The van der Waals surface area contributed by atoms with E-state index in [2.05, 4.69) is 27.7 Å². The average molecular weight is 396 g/mol. The Kier molecular flexibility index (Phi) is 5.44. The predicted octanol–water partition coefficient (Wildman–Crippen LogP) is 5.23. The highest BCUT2D eigenvalue weighted by molar-refractivity contribution is 5.93. The Morgan fingerprint density at radius 1 is 1.03 bits per heavy atom. The molecule has 0 spiro atoms. The zero-order chi connectivity index (χ0) is 21.4. The fourth-order valence-electron chi connectivity index (χ4n) is 4.04. The second-order valence-corrected chi connectivity index (χ2v) is 8.72. The number of carbonyl (C=O) groups excluding carboxylic acids is 2. The molecular formula is C24H28O5. The van der Waals surface area contributed by atoms with Crippen LogP contribution in [-0.2, 0) is 10.2 Å². The van der Waals surface area contributed by atoms with Crippen molar-refractivity contribution in [3.05, 3.63) is 58.7 Å². The van der Waals surface area contributed by atoms with Gasteiger partial charge in [0.15, 0.2) is 0 Å². The van der Waals surface area contributed by atoms with Crippen molar-refractivity contribution in [1.82, 2.24) is 0 Å². The lowest BCUT2D eigenvalue weighted by Crippen LogP contribution is -2.41. The summed E-state index contributed by atoms with van der Waals surface area (Å²) >= 11 is 0. The summed E-state index contributed by atoms with van der Waals surface area (Å²) < 4.78 is 16.7. The van der Waals surface area contributed by atoms with Crippen LogP contribution in [0.2, 0.25) is 0 Å². The van der Waals surface area contributed by atoms with Crippen LogP contribution in [0.3, 0.4) is 0 Å². The molecule has 0 saturated heterocycles. The second-order valence-electron chi connectivity index (χ2n) is 8.72. The summed E-state index contributed by atoms with van der Waals surface area (Å²) in [5.74, 6) is 0.354. The van der Waals surface area contributed by atoms with E-state index in [4.69, 9.17) is 14.2 Å². The Hall–Kier alpha value is -2.82. The van der Waals surface area contributed by atoms with Gasteiger partial charge in [-0.25, -0.2) is 9.59 Å². The van der Waals surface area contributed by atoms with E-state index in [-0.39, 0.29) is 11.0 Å². The molecule has 1 aliphatic heterocycles. The Bertz CT molecular complexity index is 938. The van der Waals surface area contributed by atoms with Gasteiger partial charge >= 0.3 is 11.9 Å². The van der Waals surface area contributed by atoms with Gasteiger partial charge in [-0.1, -0.05) is 13.8 Å². The Morgan fingerprint density at radius 3 is 2.31 bits per heavy atom. The normalized spacial score (nSPS) is 16.3. The largest absolute Gasteiger partial charge is 0.488 e. The van der Waals surface area contributed by atoms with Gasteiger partial charge in [-0.15, -0.1) is 0 Å². The maximum absolute atomic E-state index is 12.8. The Balaban J connectivity index is 1.84. The van der Waals surface area contributed by atoms with Crippen LogP contribution < -0.4 is 9.47 Å². The summed E-state index contributed by atoms with van der Waals surface area (Å²) in [6, 6.07) is 10.1. The lowest BCUT2D eigenvalue weighted by molar-refractivity contribution is 0.0521. The van der Waals surface area contributed by atoms with Gasteiger partial charge in [0, 0.05) is 5.56 Å². The third-order valence-electron chi connectivity index (χ3n) is 5.11. The molecule has 0 atom stereocenters. The van der Waals surface area contributed by atoms with Gasteiger partial charge in [-0.05, 0) is 81.5 Å². The molecule has 5 heteroatoms. The van der Waals surface area contributed by atoms with Gasteiger partial charge in [0.05, 0.1) is 17.7 Å². The first-order valence-corrected chi connectivity index (χ1v) is 9.86. The van der Waals surface area contributed by atoms with Gasteiger partial charge in [0.2, 0.25) is 0 Å². The summed E-state index contributed by atoms with van der Waals surface area (Å²) in [4.78, 5) is 24.6. The third-order valence-corrected chi connectivity index (χ3v) is 5.11. The molecule has 154 valence electrons. The zero-order valence-electron chi connectivity index (χ0n) is 17.9. The van der Waals surface area contributed by atoms with E-state index in [1.807, 2.05) is 19.1 Å². The van der Waals surface area contributed by atoms with Crippen molar-refractivity contribution in [2.75, 3.05) is 6.61 Å². The molecule has 0 amide bonds. The quantitative estimate of drug-likeness (QED) is 0.523. The maximum atomic E-state index is 12.8. The van der Waals surface area contributed by atoms with Crippen molar-refractivity contribution in [1.29, 1.82) is 0 Å². The fourth-order valence-corrected chi connectivity index (χ4v) is 4.04. The maximum Gasteiger partial charge on any atom is 0.343 e. The lowest BCUT2D eigenvalue weighted by atomic mass is 9.73. The van der Waals surface area contributed by atoms with Gasteiger partial charge in [0.1, 0.15) is 17.1 Å². The number of carbonyl (C=O) groups is 2. The van der Waals surface area contributed by atoms with Crippen molar-refractivity contribution in [3.63, 3.8) is 0 Å². The van der Waals surface area contributed by atoms with E-state index >= 15 is 0 Å². The van der Waals surface area contributed by atoms with E-state index in [0.717, 1.165) is 23.3 Å². The van der Waals surface area contributed by atoms with Crippen LogP contribution in [0, 0.1) is 6.92 Å². The number of hydrogen-bond donors (Lipinski definition) is 0. The van der Waals surface area contributed by atoms with E-state index in [9.17, 15) is 9.59 Å². The van der Waals surface area contributed by atoms with Crippen LogP contribution in [-0.4, -0.2) is 24.1 Å². The molecule has 0 aromatic heterocycles. The van der Waals surface area contributed by atoms with Crippen LogP contribution >= 0.6 is 0 Å². The van der Waals surface area contributed by atoms with Crippen molar-refractivity contribution in [3.8, 4) is 11.5 Å². The van der Waals surface area contributed by atoms with Crippen molar-refractivity contribution in [2.24, 2.45) is 0 Å². The first kappa shape index (κ1) is 20.9. The minimum absolute atomic E-state index is 0.124. The number of benzene rings is 2. The molecular weight excluding hydrogens is 368 g/mol. The van der Waals surface area contributed by atoms with Gasteiger partial charge in [-0.3, -0.25) is 0 Å². The summed E-state index contributed by atoms with van der Waals surface area (Å²) in [6.45, 7) is 12.4. The average Bonchev–Trinajstić information content (AvgIpc) is 2.60. The highest BCUT2D eigenvalue weighted by Crippen LogP contribution is 2.45. The molecule has 2 aromatic rings. The Morgan fingerprint density at radius 2 is 1.69 bits per heavy atom. The van der Waals surface area contributed by atoms with Crippen LogP contribution in [0.5, 0.6) is 11.5 Å². The molecule has 0 saturated carbocycles. The fraction of sp³-hybridized carbons (Fsp3) is 0.417. The smallest absolute Gasteiger partial charge is 0.343 e. The number of esters is 2. The zero-order valence-corrected chi connectivity index (χ0v) is 17.9. The predicted molar refractivity (Wildman–Crippen MR) is 111 cm³/mol. The standard InChI is InChI=1S/C24H28O5/c1-7-27-21(25)16-8-10-17(11-9-16)28-22(26)18-13-19-20(12-15(18)2)29-24(5,6)14-23(19,3)4/h8-13H,7,14H2,1-6H3. The summed E-state index contributed by atoms with van der Waals surface area (Å²) in [5, 5.41) is 0. The van der Waals surface area contributed by atoms with Crippen LogP contribution in [0.25, 0.3) is 0 Å². The van der Waals surface area contributed by atoms with E-state index in [1.54, 1.807) is 31.2 Å². The summed E-state index contributed by atoms with van der Waals surface area (Å²) in [6.07, 6.45) is 0.847. The number of ether oxygens (including phenoxy) is 3. The van der Waals surface area contributed by atoms with Gasteiger partial charge in [-0.2, -0.15) is 0 Å². The van der Waals surface area contributed by atoms with E-state index < -0.39 is 11.9 Å². The highest BCUT2D eigenvalue weighted by Gasteiger charge is 2.39. The number of fused-ring (bicyclic) bond motifs is 1. The molecule has 0 N–H and O–H groups in total. The minimum Gasteiger partial charge on any atom is -0.488 e. The molecule has 0 unspecified atom stereocenters. The molecule has 0 radical (unpaired) electrons. The first-order chi connectivity index (χ1) is 13.5. The van der Waals surface area contributed by atoms with Crippen LogP contribution in [0.4, 0.5) is 0 Å². The SMILES string of the molecule is CCOC(=O)c1ccc(OC(=O)c2cc3c(cc2C)OC(C)(C)CC3(C)C)cc1. The van der Waals surface area contributed by atoms with Crippen molar-refractivity contribution in [2.45, 2.75) is 59.0 Å². The lowest BCUT2D eigenvalue weighted by Gasteiger charge is -2.42. The highest BCUT2D eigenvalue weighted by atomic mass is 16.5. The van der Waals surface area contributed by atoms with Crippen LogP contribution in [0.1, 0.15) is 72.9 Å². The first-order valence-electron chi connectivity index (χ1n) is 9.86. The molecule has 0 aliphatic carbocycles. The topological polar surface area (TPSA) is 61.8 Å². The van der Waals surface area contributed by atoms with Gasteiger partial charge < -0.3 is 14.2 Å². The van der Waals surface area contributed by atoms with E-state index in [1.165, 1.54) is 0 Å². The number of rotatable bonds is 4. The van der Waals surface area contributed by atoms with Gasteiger partial charge in [0.25, 0.3) is 0 Å². The second kappa shape index (κ2) is 7.54.